The highest BCUT2D eigenvalue weighted by Crippen LogP contribution is 2.25. The monoisotopic (exact) mass is 333 g/mol. The van der Waals surface area contributed by atoms with Gasteiger partial charge in [0.2, 0.25) is 0 Å². The molecule has 3 aromatic rings. The molecule has 112 valence electrons. The number of aromatic amines is 1. The minimum atomic E-state index is 0.542. The molecule has 0 atom stereocenters. The van der Waals surface area contributed by atoms with Crippen LogP contribution in [0.2, 0.25) is 10.0 Å². The molecule has 0 aliphatic heterocycles. The lowest BCUT2D eigenvalue weighted by Crippen LogP contribution is -2.22. The second-order valence-electron chi connectivity index (χ2n) is 4.77. The third kappa shape index (κ3) is 3.55. The van der Waals surface area contributed by atoms with Gasteiger partial charge in [-0.25, -0.2) is 0 Å². The fourth-order valence-electron chi connectivity index (χ4n) is 2.16. The number of hydrogen-bond acceptors (Lipinski definition) is 4. The van der Waals surface area contributed by atoms with Crippen LogP contribution in [0.15, 0.2) is 48.5 Å². The van der Waals surface area contributed by atoms with Gasteiger partial charge in [-0.3, -0.25) is 0 Å². The molecule has 2 aromatic carbocycles. The number of nitrogens with zero attached hydrogens (tertiary/aromatic N) is 4. The minimum absolute atomic E-state index is 0.542. The lowest BCUT2D eigenvalue weighted by Gasteiger charge is -2.23. The second kappa shape index (κ2) is 6.77. The normalized spacial score (nSPS) is 10.6. The number of halogens is 2. The highest BCUT2D eigenvalue weighted by molar-refractivity contribution is 6.42. The molecule has 1 N–H and O–H groups in total. The third-order valence-corrected chi connectivity index (χ3v) is 3.94. The summed E-state index contributed by atoms with van der Waals surface area (Å²) in [6, 6.07) is 15.7. The molecule has 7 heteroatoms. The molecule has 0 saturated carbocycles. The number of tetrazole rings is 1. The van der Waals surface area contributed by atoms with E-state index in [2.05, 4.69) is 25.5 Å². The fraction of sp³-hybridized carbons (Fsp3) is 0.133. The van der Waals surface area contributed by atoms with Crippen LogP contribution in [0.3, 0.4) is 0 Å². The van der Waals surface area contributed by atoms with Crippen LogP contribution in [0.4, 0.5) is 5.69 Å². The van der Waals surface area contributed by atoms with E-state index in [0.29, 0.717) is 29.0 Å². The van der Waals surface area contributed by atoms with Crippen molar-refractivity contribution < 1.29 is 0 Å². The van der Waals surface area contributed by atoms with Crippen molar-refractivity contribution in [2.24, 2.45) is 0 Å². The molecule has 1 heterocycles. The van der Waals surface area contributed by atoms with E-state index in [0.717, 1.165) is 11.3 Å². The van der Waals surface area contributed by atoms with Crippen LogP contribution >= 0.6 is 23.2 Å². The van der Waals surface area contributed by atoms with Crippen molar-refractivity contribution in [2.75, 3.05) is 4.90 Å². The number of para-hydroxylation sites is 1. The highest BCUT2D eigenvalue weighted by Gasteiger charge is 2.11. The smallest absolute Gasteiger partial charge is 0.193 e. The van der Waals surface area contributed by atoms with Gasteiger partial charge in [-0.2, -0.15) is 5.21 Å². The van der Waals surface area contributed by atoms with Gasteiger partial charge in [0.1, 0.15) is 0 Å². The van der Waals surface area contributed by atoms with Crippen LogP contribution in [0, 0.1) is 0 Å². The SMILES string of the molecule is Clc1ccc(CN(Cc2nn[nH]n2)c2ccccc2)cc1Cl. The van der Waals surface area contributed by atoms with Crippen molar-refractivity contribution >= 4 is 28.9 Å². The van der Waals surface area contributed by atoms with E-state index in [4.69, 9.17) is 23.2 Å². The maximum absolute atomic E-state index is 6.10. The van der Waals surface area contributed by atoms with Gasteiger partial charge < -0.3 is 4.90 Å². The summed E-state index contributed by atoms with van der Waals surface area (Å²) in [6.07, 6.45) is 0. The maximum Gasteiger partial charge on any atom is 0.193 e. The van der Waals surface area contributed by atoms with Crippen LogP contribution in [0.25, 0.3) is 0 Å². The Morgan fingerprint density at radius 1 is 0.955 bits per heavy atom. The van der Waals surface area contributed by atoms with Gasteiger partial charge in [-0.15, -0.1) is 10.2 Å². The van der Waals surface area contributed by atoms with E-state index >= 15 is 0 Å². The molecule has 22 heavy (non-hydrogen) atoms. The number of benzene rings is 2. The van der Waals surface area contributed by atoms with Crippen molar-refractivity contribution in [3.05, 3.63) is 70.0 Å². The zero-order chi connectivity index (χ0) is 15.4. The van der Waals surface area contributed by atoms with Gasteiger partial charge in [-0.05, 0) is 29.8 Å². The summed E-state index contributed by atoms with van der Waals surface area (Å²) < 4.78 is 0. The van der Waals surface area contributed by atoms with E-state index in [1.165, 1.54) is 0 Å². The van der Waals surface area contributed by atoms with Crippen LogP contribution < -0.4 is 4.90 Å². The standard InChI is InChI=1S/C15H13Cl2N5/c16-13-7-6-11(8-14(13)17)9-22(10-15-18-20-21-19-15)12-4-2-1-3-5-12/h1-8H,9-10H2,(H,18,19,20,21). The molecule has 0 unspecified atom stereocenters. The van der Waals surface area contributed by atoms with E-state index < -0.39 is 0 Å². The summed E-state index contributed by atoms with van der Waals surface area (Å²) >= 11 is 12.1. The summed E-state index contributed by atoms with van der Waals surface area (Å²) in [5.74, 6) is 0.629. The summed E-state index contributed by atoms with van der Waals surface area (Å²) in [6.45, 7) is 1.20. The molecule has 0 aliphatic carbocycles. The van der Waals surface area contributed by atoms with Crippen LogP contribution in [0.5, 0.6) is 0 Å². The molecule has 0 amide bonds. The number of aromatic nitrogens is 4. The predicted molar refractivity (Wildman–Crippen MR) is 87.0 cm³/mol. The van der Waals surface area contributed by atoms with E-state index in [1.54, 1.807) is 6.07 Å². The first kappa shape index (κ1) is 14.8. The molecule has 1 aromatic heterocycles. The van der Waals surface area contributed by atoms with Crippen LogP contribution in [0.1, 0.15) is 11.4 Å². The third-order valence-electron chi connectivity index (χ3n) is 3.20. The first-order chi connectivity index (χ1) is 10.7. The Morgan fingerprint density at radius 2 is 1.77 bits per heavy atom. The Hall–Kier alpha value is -2.11. The largest absolute Gasteiger partial charge is 0.360 e. The zero-order valence-corrected chi connectivity index (χ0v) is 13.1. The van der Waals surface area contributed by atoms with Gasteiger partial charge in [0, 0.05) is 12.2 Å². The van der Waals surface area contributed by atoms with Gasteiger partial charge >= 0.3 is 0 Å². The number of hydrogen-bond donors (Lipinski definition) is 1. The van der Waals surface area contributed by atoms with Crippen LogP contribution in [-0.4, -0.2) is 20.6 Å². The van der Waals surface area contributed by atoms with Crippen molar-refractivity contribution in [3.63, 3.8) is 0 Å². The van der Waals surface area contributed by atoms with Gasteiger partial charge in [-0.1, -0.05) is 52.7 Å². The molecular formula is C15H13Cl2N5. The topological polar surface area (TPSA) is 57.7 Å². The van der Waals surface area contributed by atoms with Crippen molar-refractivity contribution in [1.29, 1.82) is 0 Å². The average Bonchev–Trinajstić information content (AvgIpc) is 3.04. The van der Waals surface area contributed by atoms with Gasteiger partial charge in [0.05, 0.1) is 16.6 Å². The van der Waals surface area contributed by atoms with E-state index in [-0.39, 0.29) is 0 Å². The molecule has 5 nitrogen and oxygen atoms in total. The lowest BCUT2D eigenvalue weighted by molar-refractivity contribution is 0.758. The Kier molecular flexibility index (Phi) is 4.56. The quantitative estimate of drug-likeness (QED) is 0.773. The lowest BCUT2D eigenvalue weighted by atomic mass is 10.2. The number of anilines is 1. The first-order valence-electron chi connectivity index (χ1n) is 6.68. The Labute approximate surface area is 137 Å². The highest BCUT2D eigenvalue weighted by atomic mass is 35.5. The summed E-state index contributed by atoms with van der Waals surface area (Å²) in [4.78, 5) is 2.14. The van der Waals surface area contributed by atoms with Crippen LogP contribution in [-0.2, 0) is 13.1 Å². The Morgan fingerprint density at radius 3 is 2.45 bits per heavy atom. The Balaban J connectivity index is 1.86. The zero-order valence-electron chi connectivity index (χ0n) is 11.6. The van der Waals surface area contributed by atoms with E-state index in [1.807, 2.05) is 42.5 Å². The van der Waals surface area contributed by atoms with Crippen molar-refractivity contribution in [1.82, 2.24) is 20.6 Å². The summed E-state index contributed by atoms with van der Waals surface area (Å²) in [7, 11) is 0. The molecule has 0 saturated heterocycles. The minimum Gasteiger partial charge on any atom is -0.360 e. The molecule has 0 spiro atoms. The van der Waals surface area contributed by atoms with E-state index in [9.17, 15) is 0 Å². The molecule has 0 radical (unpaired) electrons. The molecular weight excluding hydrogens is 321 g/mol. The summed E-state index contributed by atoms with van der Waals surface area (Å²) in [5.41, 5.74) is 2.13. The average molecular weight is 334 g/mol. The molecule has 3 rings (SSSR count). The van der Waals surface area contributed by atoms with Gasteiger partial charge in [0.25, 0.3) is 0 Å². The first-order valence-corrected chi connectivity index (χ1v) is 7.44. The maximum atomic E-state index is 6.10. The number of H-pyrrole nitrogens is 1. The van der Waals surface area contributed by atoms with Crippen molar-refractivity contribution in [2.45, 2.75) is 13.1 Å². The fourth-order valence-corrected chi connectivity index (χ4v) is 2.48. The number of nitrogens with one attached hydrogen (secondary N) is 1. The predicted octanol–water partition coefficient (Wildman–Crippen LogP) is 3.71. The summed E-state index contributed by atoms with van der Waals surface area (Å²) in [5, 5.41) is 15.2. The molecule has 0 bridgehead atoms. The second-order valence-corrected chi connectivity index (χ2v) is 5.58. The van der Waals surface area contributed by atoms with Gasteiger partial charge in [0.15, 0.2) is 5.82 Å². The number of rotatable bonds is 5. The Bertz CT molecular complexity index is 731. The van der Waals surface area contributed by atoms with Crippen molar-refractivity contribution in [3.8, 4) is 0 Å². The molecule has 0 aliphatic rings. The molecule has 0 fully saturated rings.